The van der Waals surface area contributed by atoms with Gasteiger partial charge in [0.25, 0.3) is 10.1 Å². The van der Waals surface area contributed by atoms with Crippen LogP contribution in [0.25, 0.3) is 21.9 Å². The van der Waals surface area contributed by atoms with E-state index < -0.39 is 10.1 Å². The third-order valence-corrected chi connectivity index (χ3v) is 4.23. The molecule has 0 unspecified atom stereocenters. The summed E-state index contributed by atoms with van der Waals surface area (Å²) in [5, 5.41) is 12.0. The summed E-state index contributed by atoms with van der Waals surface area (Å²) in [6.07, 6.45) is 0. The number of phenolic OH excluding ortho intramolecular Hbond substituents is 1. The molecule has 3 rings (SSSR count). The zero-order chi connectivity index (χ0) is 15.0. The minimum absolute atomic E-state index is 0.146. The predicted octanol–water partition coefficient (Wildman–Crippen LogP) is 3.46. The molecule has 5 heteroatoms. The van der Waals surface area contributed by atoms with Gasteiger partial charge in [0.05, 0.1) is 4.90 Å². The van der Waals surface area contributed by atoms with Crippen LogP contribution in [0.3, 0.4) is 0 Å². The van der Waals surface area contributed by atoms with Crippen molar-refractivity contribution in [3.8, 4) is 16.9 Å². The summed E-state index contributed by atoms with van der Waals surface area (Å²) in [7, 11) is -4.21. The van der Waals surface area contributed by atoms with Gasteiger partial charge in [-0.3, -0.25) is 4.55 Å². The lowest BCUT2D eigenvalue weighted by atomic mass is 10.00. The summed E-state index contributed by atoms with van der Waals surface area (Å²) >= 11 is 0. The van der Waals surface area contributed by atoms with Gasteiger partial charge in [0.15, 0.2) is 0 Å². The molecule has 0 bridgehead atoms. The number of hydrogen-bond acceptors (Lipinski definition) is 3. The molecule has 0 heterocycles. The van der Waals surface area contributed by atoms with E-state index in [-0.39, 0.29) is 10.6 Å². The SMILES string of the molecule is O=S(=O)(O)c1ccc(-c2ccc3ccccc3c2O)cc1. The summed E-state index contributed by atoms with van der Waals surface area (Å²) < 4.78 is 31.0. The Labute approximate surface area is 122 Å². The first-order valence-electron chi connectivity index (χ1n) is 6.25. The van der Waals surface area contributed by atoms with Gasteiger partial charge in [-0.15, -0.1) is 0 Å². The van der Waals surface area contributed by atoms with Crippen LogP contribution < -0.4 is 0 Å². The Bertz CT molecular complexity index is 913. The standard InChI is InChI=1S/C16H12O4S/c17-16-14-4-2-1-3-11(14)7-10-15(16)12-5-8-13(9-6-12)21(18,19)20/h1-10,17H,(H,18,19,20). The molecule has 0 radical (unpaired) electrons. The Morgan fingerprint density at radius 1 is 0.810 bits per heavy atom. The van der Waals surface area contributed by atoms with E-state index in [1.165, 1.54) is 12.1 Å². The second-order valence-corrected chi connectivity index (χ2v) is 6.10. The van der Waals surface area contributed by atoms with Crippen molar-refractivity contribution in [3.05, 3.63) is 60.7 Å². The minimum atomic E-state index is -4.21. The molecule has 0 amide bonds. The van der Waals surface area contributed by atoms with Crippen molar-refractivity contribution >= 4 is 20.9 Å². The molecule has 0 aromatic heterocycles. The van der Waals surface area contributed by atoms with Crippen molar-refractivity contribution in [2.45, 2.75) is 4.90 Å². The molecule has 21 heavy (non-hydrogen) atoms. The fourth-order valence-electron chi connectivity index (χ4n) is 2.29. The Morgan fingerprint density at radius 2 is 1.48 bits per heavy atom. The van der Waals surface area contributed by atoms with Crippen LogP contribution in [0.1, 0.15) is 0 Å². The molecule has 0 aliphatic carbocycles. The monoisotopic (exact) mass is 300 g/mol. The number of hydrogen-bond donors (Lipinski definition) is 2. The van der Waals surface area contributed by atoms with Gasteiger partial charge in [0.2, 0.25) is 0 Å². The van der Waals surface area contributed by atoms with E-state index in [0.717, 1.165) is 10.8 Å². The lowest BCUT2D eigenvalue weighted by Gasteiger charge is -2.08. The molecule has 4 nitrogen and oxygen atoms in total. The zero-order valence-corrected chi connectivity index (χ0v) is 11.7. The molecular weight excluding hydrogens is 288 g/mol. The van der Waals surface area contributed by atoms with Gasteiger partial charge in [-0.05, 0) is 23.1 Å². The van der Waals surface area contributed by atoms with Crippen LogP contribution in [0, 0.1) is 0 Å². The predicted molar refractivity (Wildman–Crippen MR) is 80.9 cm³/mol. The van der Waals surface area contributed by atoms with Crippen molar-refractivity contribution in [2.24, 2.45) is 0 Å². The minimum Gasteiger partial charge on any atom is -0.507 e. The van der Waals surface area contributed by atoms with Crippen LogP contribution in [0.15, 0.2) is 65.6 Å². The van der Waals surface area contributed by atoms with E-state index in [9.17, 15) is 13.5 Å². The average molecular weight is 300 g/mol. The molecule has 2 N–H and O–H groups in total. The Kier molecular flexibility index (Phi) is 3.16. The van der Waals surface area contributed by atoms with Gasteiger partial charge < -0.3 is 5.11 Å². The molecule has 3 aromatic rings. The topological polar surface area (TPSA) is 74.6 Å². The van der Waals surface area contributed by atoms with Crippen molar-refractivity contribution in [1.29, 1.82) is 0 Å². The molecule has 3 aromatic carbocycles. The molecule has 0 saturated heterocycles. The highest BCUT2D eigenvalue weighted by Gasteiger charge is 2.11. The molecule has 0 saturated carbocycles. The molecule has 0 atom stereocenters. The summed E-state index contributed by atoms with van der Waals surface area (Å²) in [5.74, 6) is 0.146. The first-order chi connectivity index (χ1) is 9.97. The fraction of sp³-hybridized carbons (Fsp3) is 0. The lowest BCUT2D eigenvalue weighted by Crippen LogP contribution is -1.97. The maximum atomic E-state index is 11.0. The maximum absolute atomic E-state index is 11.0. The van der Waals surface area contributed by atoms with Gasteiger partial charge in [0.1, 0.15) is 5.75 Å². The summed E-state index contributed by atoms with van der Waals surface area (Å²) in [6.45, 7) is 0. The molecule has 0 fully saturated rings. The number of fused-ring (bicyclic) bond motifs is 1. The summed E-state index contributed by atoms with van der Waals surface area (Å²) in [4.78, 5) is -0.175. The highest BCUT2D eigenvalue weighted by molar-refractivity contribution is 7.85. The van der Waals surface area contributed by atoms with Crippen LogP contribution in [-0.2, 0) is 10.1 Å². The Morgan fingerprint density at radius 3 is 2.14 bits per heavy atom. The van der Waals surface area contributed by atoms with Gasteiger partial charge in [0, 0.05) is 10.9 Å². The van der Waals surface area contributed by atoms with Crippen LogP contribution in [0.4, 0.5) is 0 Å². The van der Waals surface area contributed by atoms with Gasteiger partial charge >= 0.3 is 0 Å². The van der Waals surface area contributed by atoms with E-state index in [1.807, 2.05) is 30.3 Å². The Hall–Kier alpha value is -2.37. The lowest BCUT2D eigenvalue weighted by molar-refractivity contribution is 0.483. The molecule has 0 spiro atoms. The first kappa shape index (κ1) is 13.6. The van der Waals surface area contributed by atoms with Crippen LogP contribution in [0.2, 0.25) is 0 Å². The fourth-order valence-corrected chi connectivity index (χ4v) is 2.77. The van der Waals surface area contributed by atoms with Gasteiger partial charge in [-0.1, -0.05) is 48.5 Å². The second kappa shape index (κ2) is 4.87. The highest BCUT2D eigenvalue weighted by atomic mass is 32.2. The quantitative estimate of drug-likeness (QED) is 0.711. The third-order valence-electron chi connectivity index (χ3n) is 3.36. The highest BCUT2D eigenvalue weighted by Crippen LogP contribution is 2.35. The van der Waals surface area contributed by atoms with Gasteiger partial charge in [-0.25, -0.2) is 0 Å². The number of aromatic hydroxyl groups is 1. The second-order valence-electron chi connectivity index (χ2n) is 4.68. The van der Waals surface area contributed by atoms with Crippen molar-refractivity contribution in [2.75, 3.05) is 0 Å². The molecular formula is C16H12O4S. The van der Waals surface area contributed by atoms with E-state index in [4.69, 9.17) is 4.55 Å². The smallest absolute Gasteiger partial charge is 0.294 e. The van der Waals surface area contributed by atoms with Crippen LogP contribution >= 0.6 is 0 Å². The number of phenols is 1. The van der Waals surface area contributed by atoms with Crippen LogP contribution in [-0.4, -0.2) is 18.1 Å². The molecule has 0 aliphatic rings. The third kappa shape index (κ3) is 2.49. The van der Waals surface area contributed by atoms with E-state index in [0.29, 0.717) is 11.1 Å². The summed E-state index contributed by atoms with van der Waals surface area (Å²) in [6, 6.07) is 16.8. The van der Waals surface area contributed by atoms with Gasteiger partial charge in [-0.2, -0.15) is 8.42 Å². The Balaban J connectivity index is 2.15. The van der Waals surface area contributed by atoms with Crippen molar-refractivity contribution in [1.82, 2.24) is 0 Å². The van der Waals surface area contributed by atoms with Crippen LogP contribution in [0.5, 0.6) is 5.75 Å². The average Bonchev–Trinajstić information content (AvgIpc) is 2.47. The van der Waals surface area contributed by atoms with E-state index in [1.54, 1.807) is 18.2 Å². The van der Waals surface area contributed by atoms with E-state index in [2.05, 4.69) is 0 Å². The molecule has 106 valence electrons. The zero-order valence-electron chi connectivity index (χ0n) is 10.9. The van der Waals surface area contributed by atoms with Crippen molar-refractivity contribution < 1.29 is 18.1 Å². The summed E-state index contributed by atoms with van der Waals surface area (Å²) in [5.41, 5.74) is 1.28. The largest absolute Gasteiger partial charge is 0.507 e. The normalized spacial score (nSPS) is 11.7. The molecule has 0 aliphatic heterocycles. The first-order valence-corrected chi connectivity index (χ1v) is 7.69. The number of rotatable bonds is 2. The number of benzene rings is 3. The maximum Gasteiger partial charge on any atom is 0.294 e. The van der Waals surface area contributed by atoms with Crippen molar-refractivity contribution in [3.63, 3.8) is 0 Å². The van der Waals surface area contributed by atoms with E-state index >= 15 is 0 Å².